The van der Waals surface area contributed by atoms with Gasteiger partial charge in [0, 0.05) is 18.5 Å². The molecule has 0 amide bonds. The van der Waals surface area contributed by atoms with Gasteiger partial charge in [0.2, 0.25) is 0 Å². The topological polar surface area (TPSA) is 61.4 Å². The summed E-state index contributed by atoms with van der Waals surface area (Å²) < 4.78 is 0. The second kappa shape index (κ2) is 10.5. The Morgan fingerprint density at radius 3 is 2.44 bits per heavy atom. The van der Waals surface area contributed by atoms with E-state index in [4.69, 9.17) is 0 Å². The molecule has 0 unspecified atom stereocenters. The summed E-state index contributed by atoms with van der Waals surface area (Å²) in [6.07, 6.45) is 7.62. The van der Waals surface area contributed by atoms with E-state index < -0.39 is 11.1 Å². The van der Waals surface area contributed by atoms with E-state index in [0.717, 1.165) is 38.8 Å². The van der Waals surface area contributed by atoms with Crippen LogP contribution < -0.4 is 10.6 Å². The van der Waals surface area contributed by atoms with E-state index in [-0.39, 0.29) is 30.1 Å². The average Bonchev–Trinajstić information content (AvgIpc) is 2.57. The van der Waals surface area contributed by atoms with Gasteiger partial charge in [-0.15, -0.1) is 0 Å². The maximum absolute atomic E-state index is 13.1. The molecule has 0 fully saturated rings. The number of allylic oxidation sites excluding steroid dienone is 1. The minimum atomic E-state index is -0.663. The number of nitrogens with one attached hydrogen (secondary N) is 2. The second-order valence-electron chi connectivity index (χ2n) is 9.13. The highest BCUT2D eigenvalue weighted by Gasteiger charge is 2.37. The SMILES string of the molecule is CC(C)N[C@]1(C)CC/C=C/CN(C)CCC[C@@](C)(C(=O)C(C)C)NCC1=O. The van der Waals surface area contributed by atoms with Crippen molar-refractivity contribution in [3.05, 3.63) is 12.2 Å². The van der Waals surface area contributed by atoms with Crippen LogP contribution in [0.4, 0.5) is 0 Å². The molecular weight excluding hydrogens is 338 g/mol. The largest absolute Gasteiger partial charge is 0.303 e. The summed E-state index contributed by atoms with van der Waals surface area (Å²) >= 11 is 0. The number of carbonyl (C=O) groups excluding carboxylic acids is 2. The van der Waals surface area contributed by atoms with Crippen LogP contribution >= 0.6 is 0 Å². The molecule has 0 saturated heterocycles. The van der Waals surface area contributed by atoms with E-state index >= 15 is 0 Å². The molecule has 0 aromatic carbocycles. The van der Waals surface area contributed by atoms with E-state index in [0.29, 0.717) is 0 Å². The first-order chi connectivity index (χ1) is 12.5. The molecule has 27 heavy (non-hydrogen) atoms. The molecule has 1 aliphatic rings. The van der Waals surface area contributed by atoms with Crippen LogP contribution in [0.1, 0.15) is 67.2 Å². The van der Waals surface area contributed by atoms with E-state index in [9.17, 15) is 9.59 Å². The van der Waals surface area contributed by atoms with Gasteiger partial charge in [-0.25, -0.2) is 0 Å². The Balaban J connectivity index is 3.07. The number of likely N-dealkylation sites (N-methyl/N-ethyl adjacent to an activating group) is 1. The van der Waals surface area contributed by atoms with Crippen LogP contribution in [0.15, 0.2) is 12.2 Å². The van der Waals surface area contributed by atoms with Crippen molar-refractivity contribution in [2.24, 2.45) is 5.92 Å². The molecule has 0 aromatic rings. The molecule has 1 heterocycles. The van der Waals surface area contributed by atoms with Crippen molar-refractivity contribution in [1.82, 2.24) is 15.5 Å². The summed E-state index contributed by atoms with van der Waals surface area (Å²) in [6.45, 7) is 14.0. The van der Waals surface area contributed by atoms with Gasteiger partial charge in [0.1, 0.15) is 0 Å². The molecule has 0 aliphatic carbocycles. The van der Waals surface area contributed by atoms with Gasteiger partial charge < -0.3 is 10.2 Å². The van der Waals surface area contributed by atoms with Crippen LogP contribution in [0.25, 0.3) is 0 Å². The van der Waals surface area contributed by atoms with E-state index in [1.807, 2.05) is 27.7 Å². The van der Waals surface area contributed by atoms with Crippen molar-refractivity contribution in [2.75, 3.05) is 26.7 Å². The van der Waals surface area contributed by atoms with Crippen molar-refractivity contribution >= 4 is 11.6 Å². The highest BCUT2D eigenvalue weighted by atomic mass is 16.1. The van der Waals surface area contributed by atoms with Crippen LogP contribution in [0, 0.1) is 5.92 Å². The van der Waals surface area contributed by atoms with Gasteiger partial charge in [-0.1, -0.05) is 26.0 Å². The zero-order chi connectivity index (χ0) is 20.7. The lowest BCUT2D eigenvalue weighted by atomic mass is 9.83. The van der Waals surface area contributed by atoms with Gasteiger partial charge in [-0.2, -0.15) is 0 Å². The van der Waals surface area contributed by atoms with Crippen LogP contribution in [-0.2, 0) is 9.59 Å². The number of hydrogen-bond donors (Lipinski definition) is 2. The number of hydrogen-bond acceptors (Lipinski definition) is 5. The highest BCUT2D eigenvalue weighted by Crippen LogP contribution is 2.21. The summed E-state index contributed by atoms with van der Waals surface area (Å²) in [5.41, 5.74) is -1.26. The van der Waals surface area contributed by atoms with Crippen molar-refractivity contribution in [2.45, 2.75) is 84.3 Å². The normalized spacial score (nSPS) is 31.1. The fourth-order valence-corrected chi connectivity index (χ4v) is 3.87. The fraction of sp³-hybridized carbons (Fsp3) is 0.818. The summed E-state index contributed by atoms with van der Waals surface area (Å²) in [7, 11) is 2.11. The van der Waals surface area contributed by atoms with Crippen LogP contribution in [-0.4, -0.2) is 60.3 Å². The monoisotopic (exact) mass is 379 g/mol. The van der Waals surface area contributed by atoms with Crippen LogP contribution in [0.2, 0.25) is 0 Å². The summed E-state index contributed by atoms with van der Waals surface area (Å²) in [5.74, 6) is 0.252. The fourth-order valence-electron chi connectivity index (χ4n) is 3.87. The second-order valence-corrected chi connectivity index (χ2v) is 9.13. The first kappa shape index (κ1) is 24.0. The van der Waals surface area contributed by atoms with Crippen LogP contribution in [0.5, 0.6) is 0 Å². The maximum atomic E-state index is 13.1. The minimum Gasteiger partial charge on any atom is -0.303 e. The van der Waals surface area contributed by atoms with Gasteiger partial charge in [0.15, 0.2) is 11.6 Å². The molecule has 1 aliphatic heterocycles. The van der Waals surface area contributed by atoms with Crippen LogP contribution in [0.3, 0.4) is 0 Å². The lowest BCUT2D eigenvalue weighted by Crippen LogP contribution is -2.59. The number of carbonyl (C=O) groups is 2. The average molecular weight is 380 g/mol. The van der Waals surface area contributed by atoms with Crippen molar-refractivity contribution in [1.29, 1.82) is 0 Å². The predicted octanol–water partition coefficient (Wildman–Crippen LogP) is 2.95. The van der Waals surface area contributed by atoms with Crippen molar-refractivity contribution in [3.8, 4) is 0 Å². The van der Waals surface area contributed by atoms with Gasteiger partial charge in [0.05, 0.1) is 17.6 Å². The highest BCUT2D eigenvalue weighted by molar-refractivity contribution is 5.93. The number of nitrogens with zero attached hydrogens (tertiary/aromatic N) is 1. The van der Waals surface area contributed by atoms with Gasteiger partial charge in [-0.3, -0.25) is 14.9 Å². The molecule has 0 aromatic heterocycles. The standard InChI is InChI=1S/C22H41N3O2/c1-17(2)20(27)22(6)13-11-15-25(7)14-10-8-9-12-21(5,24-18(3)4)19(26)16-23-22/h8,10,17-18,23-24H,9,11-16H2,1-7H3/b10-8+/t21-,22+/m1/s1. The molecule has 5 nitrogen and oxygen atoms in total. The molecule has 0 spiro atoms. The van der Waals surface area contributed by atoms with E-state index in [1.54, 1.807) is 0 Å². The minimum absolute atomic E-state index is 0.0580. The molecule has 0 radical (unpaired) electrons. The Labute approximate surface area is 166 Å². The number of Topliss-reactive ketones (excluding diaryl/α,β-unsaturated/α-hetero) is 2. The molecule has 2 atom stereocenters. The van der Waals surface area contributed by atoms with Crippen molar-refractivity contribution < 1.29 is 9.59 Å². The summed E-state index contributed by atoms with van der Waals surface area (Å²) in [4.78, 5) is 28.3. The van der Waals surface area contributed by atoms with Crippen molar-refractivity contribution in [3.63, 3.8) is 0 Å². The maximum Gasteiger partial charge on any atom is 0.166 e. The number of rotatable bonds is 4. The molecular formula is C22H41N3O2. The third-order valence-electron chi connectivity index (χ3n) is 5.54. The van der Waals surface area contributed by atoms with E-state index in [2.05, 4.69) is 48.6 Å². The lowest BCUT2D eigenvalue weighted by molar-refractivity contribution is -0.129. The third kappa shape index (κ3) is 7.47. The summed E-state index contributed by atoms with van der Waals surface area (Å²) in [6, 6.07) is 0.219. The Morgan fingerprint density at radius 2 is 1.85 bits per heavy atom. The molecule has 2 N–H and O–H groups in total. The molecule has 5 heteroatoms. The molecule has 0 saturated carbocycles. The predicted molar refractivity (Wildman–Crippen MR) is 113 cm³/mol. The summed E-state index contributed by atoms with van der Waals surface area (Å²) in [5, 5.41) is 6.81. The molecule has 1 rings (SSSR count). The molecule has 0 bridgehead atoms. The lowest BCUT2D eigenvalue weighted by Gasteiger charge is -2.35. The third-order valence-corrected chi connectivity index (χ3v) is 5.54. The Bertz CT molecular complexity index is 530. The van der Waals surface area contributed by atoms with Gasteiger partial charge in [-0.05, 0) is 67.0 Å². The molecule has 156 valence electrons. The van der Waals surface area contributed by atoms with Gasteiger partial charge in [0.25, 0.3) is 0 Å². The Kier molecular flexibility index (Phi) is 9.32. The quantitative estimate of drug-likeness (QED) is 0.736. The van der Waals surface area contributed by atoms with E-state index in [1.165, 1.54) is 0 Å². The zero-order valence-electron chi connectivity index (χ0n) is 18.5. The smallest absolute Gasteiger partial charge is 0.166 e. The van der Waals surface area contributed by atoms with Gasteiger partial charge >= 0.3 is 0 Å². The first-order valence-corrected chi connectivity index (χ1v) is 10.4. The zero-order valence-corrected chi connectivity index (χ0v) is 18.5. The Morgan fingerprint density at radius 1 is 1.19 bits per heavy atom. The Hall–Kier alpha value is -1.04. The number of ketones is 2. The first-order valence-electron chi connectivity index (χ1n) is 10.4.